The van der Waals surface area contributed by atoms with Crippen molar-refractivity contribution in [3.63, 3.8) is 0 Å². The van der Waals surface area contributed by atoms with Crippen LogP contribution in [0.15, 0.2) is 164 Å². The number of aromatic nitrogens is 4. The Hall–Kier alpha value is -6.17. The average Bonchev–Trinajstić information content (AvgIpc) is 4.00. The van der Waals surface area contributed by atoms with Crippen LogP contribution < -0.4 is 5.19 Å². The maximum absolute atomic E-state index is 9.03. The smallest absolute Gasteiger partial charge is 0.0798 e. The Morgan fingerprint density at radius 3 is 1.96 bits per heavy atom. The molecule has 361 valence electrons. The van der Waals surface area contributed by atoms with E-state index >= 15 is 0 Å². The number of imidazole rings is 1. The van der Waals surface area contributed by atoms with Crippen molar-refractivity contribution in [2.24, 2.45) is 5.92 Å². The molecule has 0 bridgehead atoms. The van der Waals surface area contributed by atoms with Gasteiger partial charge in [0, 0.05) is 50.0 Å². The number of nitrogens with zero attached hydrogens (tertiary/aromatic N) is 4. The van der Waals surface area contributed by atoms with Crippen molar-refractivity contribution in [1.82, 2.24) is 19.1 Å². The minimum atomic E-state index is -2.16. The maximum Gasteiger partial charge on any atom is 0.0798 e. The molecule has 3 heterocycles. The van der Waals surface area contributed by atoms with Gasteiger partial charge in [-0.3, -0.25) is 4.98 Å². The molecule has 1 fully saturated rings. The number of aryl methyl sites for hydroxylation is 1. The van der Waals surface area contributed by atoms with Crippen molar-refractivity contribution in [1.29, 1.82) is 0 Å². The Kier molecular flexibility index (Phi) is 13.1. The second-order valence-corrected chi connectivity index (χ2v) is 25.6. The van der Waals surface area contributed by atoms with Crippen LogP contribution in [-0.2, 0) is 26.5 Å². The molecule has 3 aromatic heterocycles. The van der Waals surface area contributed by atoms with E-state index in [2.05, 4.69) is 207 Å². The first-order valence-corrected chi connectivity index (χ1v) is 28.7. The summed E-state index contributed by atoms with van der Waals surface area (Å²) in [5, 5.41) is 3.48. The molecule has 6 heteroatoms. The van der Waals surface area contributed by atoms with Gasteiger partial charge >= 0.3 is 0 Å². The summed E-state index contributed by atoms with van der Waals surface area (Å²) in [6.45, 7) is 13.7. The molecule has 7 aromatic carbocycles. The van der Waals surface area contributed by atoms with Crippen LogP contribution >= 0.6 is 0 Å². The molecule has 0 spiro atoms. The maximum atomic E-state index is 9.03. The van der Waals surface area contributed by atoms with Gasteiger partial charge in [-0.25, -0.2) is 0 Å². The SMILES string of the molecule is CC(C)c1cc(-c2ccccc2)cc(C(C)C)c1-n1c(-c2[c-]cc3c(c2)c2ccccc2n3-c2ccccc2)nc2ccccc21.[2H]C([2H])([2H])c1c[c-]c(-c2cc(C([2H])([2H])C3CCCCC3)c([Si](C)(C)C)cn2)cc1.[Ir]. The summed E-state index contributed by atoms with van der Waals surface area (Å²) in [4.78, 5) is 9.94. The molecular formula is C65H66IrN4Si-2. The van der Waals surface area contributed by atoms with Crippen LogP contribution in [0.25, 0.3) is 78.0 Å². The predicted octanol–water partition coefficient (Wildman–Crippen LogP) is 17.0. The van der Waals surface area contributed by atoms with Crippen molar-refractivity contribution in [3.8, 4) is 45.1 Å². The third-order valence-electron chi connectivity index (χ3n) is 13.9. The van der Waals surface area contributed by atoms with Gasteiger partial charge in [0.15, 0.2) is 0 Å². The van der Waals surface area contributed by atoms with E-state index in [1.807, 2.05) is 12.3 Å². The van der Waals surface area contributed by atoms with Gasteiger partial charge < -0.3 is 14.1 Å². The van der Waals surface area contributed by atoms with Crippen LogP contribution in [0.5, 0.6) is 0 Å². The summed E-state index contributed by atoms with van der Waals surface area (Å²) in [6, 6.07) is 61.2. The molecule has 0 atom stereocenters. The van der Waals surface area contributed by atoms with E-state index in [9.17, 15) is 0 Å². The number of rotatable bonds is 10. The summed E-state index contributed by atoms with van der Waals surface area (Å²) in [5.74, 6) is 1.56. The van der Waals surface area contributed by atoms with Crippen molar-refractivity contribution in [2.75, 3.05) is 0 Å². The Labute approximate surface area is 443 Å². The van der Waals surface area contributed by atoms with Gasteiger partial charge in [0.1, 0.15) is 0 Å². The molecule has 0 aliphatic heterocycles. The number of pyridine rings is 1. The Morgan fingerprint density at radius 1 is 0.648 bits per heavy atom. The van der Waals surface area contributed by atoms with E-state index in [-0.39, 0.29) is 31.6 Å². The van der Waals surface area contributed by atoms with Gasteiger partial charge in [-0.1, -0.05) is 182 Å². The first-order chi connectivity index (χ1) is 35.9. The molecule has 71 heavy (non-hydrogen) atoms. The topological polar surface area (TPSA) is 35.6 Å². The molecule has 10 aromatic rings. The molecule has 0 amide bonds. The monoisotopic (exact) mass is 1130 g/mol. The Morgan fingerprint density at radius 2 is 1.30 bits per heavy atom. The molecule has 1 saturated carbocycles. The fraction of sp³-hybridized carbons (Fsp3) is 0.262. The van der Waals surface area contributed by atoms with Gasteiger partial charge in [0.2, 0.25) is 0 Å². The molecule has 1 radical (unpaired) electrons. The first-order valence-electron chi connectivity index (χ1n) is 27.7. The molecule has 4 nitrogen and oxygen atoms in total. The van der Waals surface area contributed by atoms with Crippen LogP contribution in [0.3, 0.4) is 0 Å². The van der Waals surface area contributed by atoms with Gasteiger partial charge in [0.25, 0.3) is 0 Å². The molecule has 1 aliphatic carbocycles. The quantitative estimate of drug-likeness (QED) is 0.101. The molecule has 0 unspecified atom stereocenters. The van der Waals surface area contributed by atoms with E-state index in [1.165, 1.54) is 56.7 Å². The third-order valence-corrected chi connectivity index (χ3v) is 15.9. The number of hydrogen-bond acceptors (Lipinski definition) is 2. The van der Waals surface area contributed by atoms with Crippen molar-refractivity contribution < 1.29 is 27.0 Å². The summed E-state index contributed by atoms with van der Waals surface area (Å²) in [7, 11) is -1.80. The standard InChI is InChI=1S/C43H36N3.C22H30NSi.Ir/c1-28(2)35-26-32(30-15-7-5-8-16-30)27-36(29(3)4)42(35)46-41-22-14-12-20-38(41)44-43(46)31-23-24-40-37(25-31)34-19-11-13-21-39(34)45(40)33-17-9-6-10-18-33;1-17-10-12-19(13-11-17)21-15-20(14-18-8-6-5-7-9-18)22(16-23-21)24(2,3)4;/h5-22,24-29H,1-4H3;10-12,15-16,18H,5-9,14H2,1-4H3;/q2*-1;/i;1D3,14D2;. The Balaban J connectivity index is 0.000000204. The van der Waals surface area contributed by atoms with Crippen LogP contribution in [-0.4, -0.2) is 27.2 Å². The number of fused-ring (bicyclic) bond motifs is 4. The van der Waals surface area contributed by atoms with Gasteiger partial charge in [-0.2, -0.15) is 0 Å². The number of para-hydroxylation sites is 4. The second-order valence-electron chi connectivity index (χ2n) is 20.6. The van der Waals surface area contributed by atoms with Crippen LogP contribution in [0.2, 0.25) is 19.6 Å². The second kappa shape index (κ2) is 21.3. The average molecular weight is 1130 g/mol. The summed E-state index contributed by atoms with van der Waals surface area (Å²) >= 11 is 0. The minimum Gasteiger partial charge on any atom is -0.351 e. The van der Waals surface area contributed by atoms with Gasteiger partial charge in [-0.15, -0.1) is 59.2 Å². The van der Waals surface area contributed by atoms with Crippen molar-refractivity contribution in [3.05, 3.63) is 198 Å². The van der Waals surface area contributed by atoms with Crippen molar-refractivity contribution >= 4 is 46.1 Å². The zero-order chi connectivity index (χ0) is 52.8. The fourth-order valence-electron chi connectivity index (χ4n) is 10.3. The van der Waals surface area contributed by atoms with E-state index in [0.29, 0.717) is 23.1 Å². The normalized spacial score (nSPS) is 14.6. The molecule has 0 saturated heterocycles. The zero-order valence-corrected chi connectivity index (χ0v) is 45.4. The predicted molar refractivity (Wildman–Crippen MR) is 300 cm³/mol. The molecule has 1 aliphatic rings. The van der Waals surface area contributed by atoms with Gasteiger partial charge in [-0.05, 0) is 111 Å². The third kappa shape index (κ3) is 10.3. The summed E-state index contributed by atoms with van der Waals surface area (Å²) in [5.41, 5.74) is 15.2. The van der Waals surface area contributed by atoms with Crippen LogP contribution in [0, 0.1) is 24.9 Å². The van der Waals surface area contributed by atoms with Crippen LogP contribution in [0.4, 0.5) is 0 Å². The van der Waals surface area contributed by atoms with Crippen molar-refractivity contribution in [2.45, 2.75) is 105 Å². The first kappa shape index (κ1) is 43.6. The van der Waals surface area contributed by atoms with Crippen LogP contribution in [0.1, 0.15) is 101 Å². The molecule has 11 rings (SSSR count). The summed E-state index contributed by atoms with van der Waals surface area (Å²) < 4.78 is 45.4. The zero-order valence-electron chi connectivity index (χ0n) is 47.0. The van der Waals surface area contributed by atoms with Gasteiger partial charge in [0.05, 0.1) is 24.9 Å². The number of benzene rings is 7. The molecular weight excluding hydrogens is 1060 g/mol. The minimum absolute atomic E-state index is 0. The molecule has 0 N–H and O–H groups in total. The summed E-state index contributed by atoms with van der Waals surface area (Å²) in [6.07, 6.45) is 5.68. The largest absolute Gasteiger partial charge is 0.351 e. The fourth-order valence-corrected chi connectivity index (χ4v) is 11.7. The van der Waals surface area contributed by atoms with E-state index in [4.69, 9.17) is 11.8 Å². The van der Waals surface area contributed by atoms with E-state index in [1.54, 1.807) is 12.1 Å². The number of hydrogen-bond donors (Lipinski definition) is 0. The van der Waals surface area contributed by atoms with E-state index < -0.39 is 21.3 Å². The Bertz CT molecular complexity index is 3620. The van der Waals surface area contributed by atoms with E-state index in [0.717, 1.165) is 70.1 Å².